The zero-order chi connectivity index (χ0) is 16.6. The maximum absolute atomic E-state index is 13.3. The predicted molar refractivity (Wildman–Crippen MR) is 92.8 cm³/mol. The Balaban J connectivity index is 0.00000182. The van der Waals surface area contributed by atoms with Crippen molar-refractivity contribution in [3.8, 4) is 0 Å². The number of sulfonamides is 1. The lowest BCUT2D eigenvalue weighted by atomic mass is 10.1. The van der Waals surface area contributed by atoms with Crippen molar-refractivity contribution >= 4 is 33.5 Å². The summed E-state index contributed by atoms with van der Waals surface area (Å²) in [5.74, 6) is 0. The SMILES string of the molecule is Cl.O=S(=O)(c1cccc2nonc12)N1CCNCC1c1cccnc1. The lowest BCUT2D eigenvalue weighted by molar-refractivity contribution is 0.271. The second kappa shape index (κ2) is 7.04. The van der Waals surface area contributed by atoms with Crippen molar-refractivity contribution in [2.45, 2.75) is 10.9 Å². The van der Waals surface area contributed by atoms with Crippen LogP contribution >= 0.6 is 12.4 Å². The summed E-state index contributed by atoms with van der Waals surface area (Å²) in [6.07, 6.45) is 3.36. The van der Waals surface area contributed by atoms with Gasteiger partial charge in [0.15, 0.2) is 5.52 Å². The first-order valence-corrected chi connectivity index (χ1v) is 8.96. The molecule has 10 heteroatoms. The maximum Gasteiger partial charge on any atom is 0.246 e. The van der Waals surface area contributed by atoms with Crippen molar-refractivity contribution in [3.63, 3.8) is 0 Å². The number of benzene rings is 1. The molecule has 3 aromatic rings. The van der Waals surface area contributed by atoms with E-state index in [2.05, 4.69) is 20.6 Å². The molecular weight excluding hydrogens is 366 g/mol. The van der Waals surface area contributed by atoms with Crippen molar-refractivity contribution < 1.29 is 13.0 Å². The molecule has 0 saturated carbocycles. The van der Waals surface area contributed by atoms with E-state index in [0.29, 0.717) is 25.2 Å². The smallest absolute Gasteiger partial charge is 0.246 e. The molecular formula is C15H16ClN5O3S. The molecule has 1 N–H and O–H groups in total. The van der Waals surface area contributed by atoms with Crippen LogP contribution in [0.2, 0.25) is 0 Å². The number of hydrogen-bond donors (Lipinski definition) is 1. The van der Waals surface area contributed by atoms with Crippen LogP contribution in [0.5, 0.6) is 0 Å². The minimum atomic E-state index is -3.75. The van der Waals surface area contributed by atoms with Crippen LogP contribution in [0.1, 0.15) is 11.6 Å². The topological polar surface area (TPSA) is 101 Å². The van der Waals surface area contributed by atoms with Crippen LogP contribution in [-0.2, 0) is 10.0 Å². The summed E-state index contributed by atoms with van der Waals surface area (Å²) in [5.41, 5.74) is 1.52. The Morgan fingerprint density at radius 2 is 2.08 bits per heavy atom. The minimum absolute atomic E-state index is 0. The van der Waals surface area contributed by atoms with Crippen LogP contribution in [0.3, 0.4) is 0 Å². The molecule has 3 heterocycles. The maximum atomic E-state index is 13.3. The molecule has 0 radical (unpaired) electrons. The summed E-state index contributed by atoms with van der Waals surface area (Å²) in [6.45, 7) is 1.48. The van der Waals surface area contributed by atoms with E-state index in [1.54, 1.807) is 30.6 Å². The van der Waals surface area contributed by atoms with E-state index in [0.717, 1.165) is 5.56 Å². The number of rotatable bonds is 3. The van der Waals surface area contributed by atoms with E-state index in [-0.39, 0.29) is 28.9 Å². The molecule has 8 nitrogen and oxygen atoms in total. The fourth-order valence-electron chi connectivity index (χ4n) is 2.95. The van der Waals surface area contributed by atoms with Gasteiger partial charge in [0.05, 0.1) is 6.04 Å². The highest BCUT2D eigenvalue weighted by molar-refractivity contribution is 7.89. The highest BCUT2D eigenvalue weighted by atomic mass is 35.5. The Morgan fingerprint density at radius 3 is 2.88 bits per heavy atom. The van der Waals surface area contributed by atoms with Gasteiger partial charge in [-0.05, 0) is 34.1 Å². The van der Waals surface area contributed by atoms with Gasteiger partial charge in [-0.3, -0.25) is 4.98 Å². The van der Waals surface area contributed by atoms with E-state index in [1.807, 2.05) is 6.07 Å². The Labute approximate surface area is 150 Å². The number of nitrogens with zero attached hydrogens (tertiary/aromatic N) is 4. The van der Waals surface area contributed by atoms with Gasteiger partial charge in [0.1, 0.15) is 10.4 Å². The standard InChI is InChI=1S/C15H15N5O3S.ClH/c21-24(22,14-5-1-4-12-15(14)19-23-18-12)20-8-7-17-10-13(20)11-3-2-6-16-9-11;/h1-6,9,13,17H,7-8,10H2;1H. The third-order valence-corrected chi connectivity index (χ3v) is 6.04. The second-order valence-corrected chi connectivity index (χ2v) is 7.37. The first kappa shape index (κ1) is 17.7. The van der Waals surface area contributed by atoms with E-state index in [4.69, 9.17) is 4.63 Å². The van der Waals surface area contributed by atoms with Gasteiger partial charge in [-0.1, -0.05) is 12.1 Å². The Morgan fingerprint density at radius 1 is 1.20 bits per heavy atom. The summed E-state index contributed by atoms with van der Waals surface area (Å²) < 4.78 is 32.7. The normalized spacial score (nSPS) is 18.8. The van der Waals surface area contributed by atoms with Gasteiger partial charge >= 0.3 is 0 Å². The van der Waals surface area contributed by atoms with Gasteiger partial charge in [-0.25, -0.2) is 13.0 Å². The molecule has 25 heavy (non-hydrogen) atoms. The summed E-state index contributed by atoms with van der Waals surface area (Å²) in [7, 11) is -3.75. The highest BCUT2D eigenvalue weighted by Gasteiger charge is 2.36. The molecule has 1 aromatic carbocycles. The lowest BCUT2D eigenvalue weighted by Gasteiger charge is -2.35. The first-order chi connectivity index (χ1) is 11.7. The zero-order valence-corrected chi connectivity index (χ0v) is 14.7. The molecule has 132 valence electrons. The van der Waals surface area contributed by atoms with Gasteiger partial charge < -0.3 is 5.32 Å². The Bertz CT molecular complexity index is 963. The molecule has 0 amide bonds. The average molecular weight is 382 g/mol. The fourth-order valence-corrected chi connectivity index (χ4v) is 4.70. The molecule has 1 aliphatic rings. The van der Waals surface area contributed by atoms with E-state index < -0.39 is 10.0 Å². The largest absolute Gasteiger partial charge is 0.313 e. The van der Waals surface area contributed by atoms with Gasteiger partial charge in [-0.15, -0.1) is 12.4 Å². The van der Waals surface area contributed by atoms with Crippen molar-refractivity contribution in [1.82, 2.24) is 24.9 Å². The van der Waals surface area contributed by atoms with E-state index >= 15 is 0 Å². The number of piperazine rings is 1. The van der Waals surface area contributed by atoms with Crippen molar-refractivity contribution in [1.29, 1.82) is 0 Å². The van der Waals surface area contributed by atoms with Crippen LogP contribution in [0.25, 0.3) is 11.0 Å². The Hall–Kier alpha value is -2.07. The lowest BCUT2D eigenvalue weighted by Crippen LogP contribution is -2.48. The predicted octanol–water partition coefficient (Wildman–Crippen LogP) is 1.37. The first-order valence-electron chi connectivity index (χ1n) is 7.52. The van der Waals surface area contributed by atoms with Gasteiger partial charge in [-0.2, -0.15) is 4.31 Å². The molecule has 2 aromatic heterocycles. The van der Waals surface area contributed by atoms with Crippen molar-refractivity contribution in [2.24, 2.45) is 0 Å². The molecule has 4 rings (SSSR count). The van der Waals surface area contributed by atoms with Crippen molar-refractivity contribution in [3.05, 3.63) is 48.3 Å². The van der Waals surface area contributed by atoms with E-state index in [9.17, 15) is 8.42 Å². The van der Waals surface area contributed by atoms with Gasteiger partial charge in [0.2, 0.25) is 10.0 Å². The summed E-state index contributed by atoms with van der Waals surface area (Å²) in [6, 6.07) is 8.20. The molecule has 1 unspecified atom stereocenters. The molecule has 0 bridgehead atoms. The monoisotopic (exact) mass is 381 g/mol. The van der Waals surface area contributed by atoms with Gasteiger partial charge in [0, 0.05) is 32.0 Å². The van der Waals surface area contributed by atoms with Crippen LogP contribution in [0.4, 0.5) is 0 Å². The summed E-state index contributed by atoms with van der Waals surface area (Å²) in [5, 5.41) is 10.7. The number of hydrogen-bond acceptors (Lipinski definition) is 7. The second-order valence-electron chi connectivity index (χ2n) is 5.51. The van der Waals surface area contributed by atoms with Crippen LogP contribution in [0, 0.1) is 0 Å². The number of nitrogens with one attached hydrogen (secondary N) is 1. The number of halogens is 1. The number of pyridine rings is 1. The van der Waals surface area contributed by atoms with Gasteiger partial charge in [0.25, 0.3) is 0 Å². The van der Waals surface area contributed by atoms with E-state index in [1.165, 1.54) is 10.4 Å². The van der Waals surface area contributed by atoms with Crippen LogP contribution in [0.15, 0.2) is 52.3 Å². The quantitative estimate of drug-likeness (QED) is 0.731. The zero-order valence-electron chi connectivity index (χ0n) is 13.1. The third kappa shape index (κ3) is 3.11. The molecule has 0 aliphatic carbocycles. The molecule has 1 saturated heterocycles. The fraction of sp³-hybridized carbons (Fsp3) is 0.267. The molecule has 1 fully saturated rings. The number of fused-ring (bicyclic) bond motifs is 1. The van der Waals surface area contributed by atoms with Crippen LogP contribution < -0.4 is 5.32 Å². The number of aromatic nitrogens is 3. The van der Waals surface area contributed by atoms with Crippen molar-refractivity contribution in [2.75, 3.05) is 19.6 Å². The molecule has 0 spiro atoms. The van der Waals surface area contributed by atoms with Crippen LogP contribution in [-0.4, -0.2) is 47.7 Å². The average Bonchev–Trinajstić information content (AvgIpc) is 3.11. The summed E-state index contributed by atoms with van der Waals surface area (Å²) in [4.78, 5) is 4.21. The minimum Gasteiger partial charge on any atom is -0.313 e. The Kier molecular flexibility index (Phi) is 5.00. The molecule has 1 aliphatic heterocycles. The molecule has 1 atom stereocenters. The highest BCUT2D eigenvalue weighted by Crippen LogP contribution is 2.31. The summed E-state index contributed by atoms with van der Waals surface area (Å²) >= 11 is 0. The third-order valence-electron chi connectivity index (χ3n) is 4.10.